The molecule has 4 nitrogen and oxygen atoms in total. The fraction of sp³-hybridized carbons (Fsp3) is 0.444. The van der Waals surface area contributed by atoms with Gasteiger partial charge in [-0.25, -0.2) is 9.97 Å². The number of aromatic nitrogens is 2. The van der Waals surface area contributed by atoms with E-state index in [0.717, 1.165) is 0 Å². The number of hydrogen-bond donors (Lipinski definition) is 0. The van der Waals surface area contributed by atoms with Gasteiger partial charge in [0.15, 0.2) is 0 Å². The molecule has 0 radical (unpaired) electrons. The minimum Gasteiger partial charge on any atom is -0.466 e. The van der Waals surface area contributed by atoms with Crippen molar-refractivity contribution in [1.82, 2.24) is 9.97 Å². The highest BCUT2D eigenvalue weighted by atomic mass is 35.5. The van der Waals surface area contributed by atoms with E-state index in [2.05, 4.69) is 9.97 Å². The number of carbonyl (C=O) groups excluding carboxylic acids is 1. The van der Waals surface area contributed by atoms with Crippen LogP contribution in [0.3, 0.4) is 0 Å². The number of rotatable bonds is 3. The Morgan fingerprint density at radius 1 is 1.71 bits per heavy atom. The number of ether oxygens (including phenoxy) is 1. The average molecular weight is 215 g/mol. The molecule has 1 heterocycles. The summed E-state index contributed by atoms with van der Waals surface area (Å²) in [6.07, 6.45) is 2.86. The molecule has 0 saturated carbocycles. The third-order valence-electron chi connectivity index (χ3n) is 1.80. The van der Waals surface area contributed by atoms with Crippen LogP contribution in [0.2, 0.25) is 5.15 Å². The Kier molecular flexibility index (Phi) is 3.83. The van der Waals surface area contributed by atoms with Crippen LogP contribution in [0.4, 0.5) is 0 Å². The third kappa shape index (κ3) is 2.42. The van der Waals surface area contributed by atoms with Crippen molar-refractivity contribution in [2.75, 3.05) is 6.61 Å². The van der Waals surface area contributed by atoms with Crippen molar-refractivity contribution in [2.45, 2.75) is 19.8 Å². The first kappa shape index (κ1) is 10.9. The number of halogens is 1. The van der Waals surface area contributed by atoms with Crippen LogP contribution in [0.1, 0.15) is 25.3 Å². The maximum Gasteiger partial charge on any atom is 0.313 e. The summed E-state index contributed by atoms with van der Waals surface area (Å²) < 4.78 is 4.86. The monoisotopic (exact) mass is 214 g/mol. The van der Waals surface area contributed by atoms with Gasteiger partial charge in [0.05, 0.1) is 12.5 Å². The molecule has 0 aromatic carbocycles. The van der Waals surface area contributed by atoms with Crippen molar-refractivity contribution in [3.8, 4) is 0 Å². The van der Waals surface area contributed by atoms with Crippen LogP contribution in [0.15, 0.2) is 12.5 Å². The summed E-state index contributed by atoms with van der Waals surface area (Å²) in [7, 11) is 0. The summed E-state index contributed by atoms with van der Waals surface area (Å²) in [6.45, 7) is 3.82. The highest BCUT2D eigenvalue weighted by molar-refractivity contribution is 6.30. The van der Waals surface area contributed by atoms with Crippen LogP contribution in [-0.2, 0) is 9.53 Å². The maximum absolute atomic E-state index is 11.4. The molecule has 5 heteroatoms. The first-order valence-corrected chi connectivity index (χ1v) is 4.66. The molecule has 14 heavy (non-hydrogen) atoms. The van der Waals surface area contributed by atoms with Crippen LogP contribution in [0, 0.1) is 0 Å². The van der Waals surface area contributed by atoms with E-state index in [0.29, 0.717) is 17.3 Å². The predicted octanol–water partition coefficient (Wildman–Crippen LogP) is 1.80. The van der Waals surface area contributed by atoms with E-state index in [1.54, 1.807) is 13.8 Å². The van der Waals surface area contributed by atoms with Gasteiger partial charge in [0.1, 0.15) is 11.5 Å². The van der Waals surface area contributed by atoms with Crippen LogP contribution in [-0.4, -0.2) is 22.5 Å². The Bertz CT molecular complexity index is 330. The molecule has 0 aliphatic rings. The van der Waals surface area contributed by atoms with Crippen LogP contribution < -0.4 is 0 Å². The Balaban J connectivity index is 2.84. The zero-order chi connectivity index (χ0) is 10.6. The summed E-state index contributed by atoms with van der Waals surface area (Å²) in [4.78, 5) is 19.0. The van der Waals surface area contributed by atoms with E-state index in [4.69, 9.17) is 16.3 Å². The minimum atomic E-state index is -0.427. The van der Waals surface area contributed by atoms with Gasteiger partial charge >= 0.3 is 5.97 Å². The Labute approximate surface area is 87.3 Å². The molecule has 0 N–H and O–H groups in total. The molecule has 0 aliphatic carbocycles. The van der Waals surface area contributed by atoms with Crippen molar-refractivity contribution in [3.05, 3.63) is 23.2 Å². The van der Waals surface area contributed by atoms with Gasteiger partial charge in [-0.15, -0.1) is 0 Å². The lowest BCUT2D eigenvalue weighted by atomic mass is 10.1. The quantitative estimate of drug-likeness (QED) is 0.569. The van der Waals surface area contributed by atoms with Gasteiger partial charge in [0.25, 0.3) is 0 Å². The van der Waals surface area contributed by atoms with Crippen LogP contribution in [0.25, 0.3) is 0 Å². The first-order chi connectivity index (χ1) is 6.66. The standard InChI is InChI=1S/C9H11ClN2O2/c1-3-14-9(13)6(2)7-4-11-5-12-8(7)10/h4-6H,3H2,1-2H3/t6-/m1/s1. The second-order valence-corrected chi connectivity index (χ2v) is 3.10. The SMILES string of the molecule is CCOC(=O)[C@H](C)c1cncnc1Cl. The van der Waals surface area contributed by atoms with Gasteiger partial charge in [0.2, 0.25) is 0 Å². The fourth-order valence-electron chi connectivity index (χ4n) is 1.01. The van der Waals surface area contributed by atoms with Crippen LogP contribution >= 0.6 is 11.6 Å². The largest absolute Gasteiger partial charge is 0.466 e. The maximum atomic E-state index is 11.4. The molecular formula is C9H11ClN2O2. The average Bonchev–Trinajstić information content (AvgIpc) is 2.18. The number of nitrogens with zero attached hydrogens (tertiary/aromatic N) is 2. The van der Waals surface area contributed by atoms with Crippen LogP contribution in [0.5, 0.6) is 0 Å². The lowest BCUT2D eigenvalue weighted by Gasteiger charge is -2.10. The number of esters is 1. The van der Waals surface area contributed by atoms with Crippen molar-refractivity contribution >= 4 is 17.6 Å². The summed E-state index contributed by atoms with van der Waals surface area (Å²) in [6, 6.07) is 0. The topological polar surface area (TPSA) is 52.1 Å². The van der Waals surface area contributed by atoms with Gasteiger partial charge in [0, 0.05) is 11.8 Å². The molecule has 0 amide bonds. The van der Waals surface area contributed by atoms with E-state index < -0.39 is 5.92 Å². The lowest BCUT2D eigenvalue weighted by molar-refractivity contribution is -0.144. The number of carbonyl (C=O) groups is 1. The molecule has 1 atom stereocenters. The van der Waals surface area contributed by atoms with Gasteiger partial charge < -0.3 is 4.74 Å². The molecule has 0 saturated heterocycles. The van der Waals surface area contributed by atoms with Crippen molar-refractivity contribution < 1.29 is 9.53 Å². The Morgan fingerprint density at radius 2 is 2.43 bits per heavy atom. The molecule has 1 rings (SSSR count). The second-order valence-electron chi connectivity index (χ2n) is 2.74. The van der Waals surface area contributed by atoms with Crippen molar-refractivity contribution in [3.63, 3.8) is 0 Å². The number of hydrogen-bond acceptors (Lipinski definition) is 4. The van der Waals surface area contributed by atoms with Gasteiger partial charge in [-0.3, -0.25) is 4.79 Å². The normalized spacial score (nSPS) is 12.2. The predicted molar refractivity (Wildman–Crippen MR) is 52.1 cm³/mol. The van der Waals surface area contributed by atoms with Crippen molar-refractivity contribution in [1.29, 1.82) is 0 Å². The molecule has 0 fully saturated rings. The zero-order valence-corrected chi connectivity index (χ0v) is 8.78. The van der Waals surface area contributed by atoms with Gasteiger partial charge in [-0.05, 0) is 13.8 Å². The molecule has 0 spiro atoms. The zero-order valence-electron chi connectivity index (χ0n) is 8.03. The molecule has 1 aromatic heterocycles. The lowest BCUT2D eigenvalue weighted by Crippen LogP contribution is -2.13. The molecule has 0 bridgehead atoms. The highest BCUT2D eigenvalue weighted by Crippen LogP contribution is 2.21. The molecule has 76 valence electrons. The van der Waals surface area contributed by atoms with E-state index >= 15 is 0 Å². The fourth-order valence-corrected chi connectivity index (χ4v) is 1.27. The van der Waals surface area contributed by atoms with E-state index in [-0.39, 0.29) is 5.97 Å². The molecule has 0 aliphatic heterocycles. The smallest absolute Gasteiger partial charge is 0.313 e. The summed E-state index contributed by atoms with van der Waals surface area (Å²) >= 11 is 5.80. The minimum absolute atomic E-state index is 0.292. The molecule has 0 unspecified atom stereocenters. The van der Waals surface area contributed by atoms with E-state index in [9.17, 15) is 4.79 Å². The van der Waals surface area contributed by atoms with E-state index in [1.807, 2.05) is 0 Å². The summed E-state index contributed by atoms with van der Waals surface area (Å²) in [5, 5.41) is 0.292. The van der Waals surface area contributed by atoms with Crippen molar-refractivity contribution in [2.24, 2.45) is 0 Å². The van der Waals surface area contributed by atoms with Gasteiger partial charge in [-0.2, -0.15) is 0 Å². The Hall–Kier alpha value is -1.16. The molecular weight excluding hydrogens is 204 g/mol. The van der Waals surface area contributed by atoms with E-state index in [1.165, 1.54) is 12.5 Å². The highest BCUT2D eigenvalue weighted by Gasteiger charge is 2.19. The molecule has 1 aromatic rings. The first-order valence-electron chi connectivity index (χ1n) is 4.28. The van der Waals surface area contributed by atoms with Gasteiger partial charge in [-0.1, -0.05) is 11.6 Å². The summed E-state index contributed by atoms with van der Waals surface area (Å²) in [5.74, 6) is -0.743. The summed E-state index contributed by atoms with van der Waals surface area (Å²) in [5.41, 5.74) is 0.590. The third-order valence-corrected chi connectivity index (χ3v) is 2.11. The Morgan fingerprint density at radius 3 is 3.00 bits per heavy atom. The second kappa shape index (κ2) is 4.91.